The van der Waals surface area contributed by atoms with Crippen molar-refractivity contribution in [2.75, 3.05) is 4.90 Å². The highest BCUT2D eigenvalue weighted by molar-refractivity contribution is 8.27. The van der Waals surface area contributed by atoms with Gasteiger partial charge in [0.25, 0.3) is 11.5 Å². The molecule has 0 N–H and O–H groups in total. The highest BCUT2D eigenvalue weighted by atomic mass is 32.2. The molecule has 0 aliphatic carbocycles. The Bertz CT molecular complexity index is 2260. The van der Waals surface area contributed by atoms with E-state index in [1.54, 1.807) is 59.7 Å². The molecule has 1 saturated heterocycles. The van der Waals surface area contributed by atoms with Crippen molar-refractivity contribution < 1.29 is 13.9 Å². The molecular weight excluding hydrogens is 646 g/mol. The van der Waals surface area contributed by atoms with E-state index in [0.717, 1.165) is 23.0 Å². The average molecular weight is 674 g/mol. The van der Waals surface area contributed by atoms with Gasteiger partial charge in [0.15, 0.2) is 4.32 Å². The summed E-state index contributed by atoms with van der Waals surface area (Å²) < 4.78 is 25.2. The van der Waals surface area contributed by atoms with Gasteiger partial charge in [0.05, 0.1) is 27.7 Å². The van der Waals surface area contributed by atoms with Gasteiger partial charge in [-0.25, -0.2) is 13.8 Å². The van der Waals surface area contributed by atoms with Crippen LogP contribution in [0.15, 0.2) is 125 Å². The van der Waals surface area contributed by atoms with E-state index in [4.69, 9.17) is 22.1 Å². The van der Waals surface area contributed by atoms with Crippen molar-refractivity contribution in [2.45, 2.75) is 13.5 Å². The van der Waals surface area contributed by atoms with Crippen LogP contribution < -0.4 is 15.2 Å². The number of anilines is 1. The third kappa shape index (κ3) is 5.78. The fourth-order valence-electron chi connectivity index (χ4n) is 5.53. The van der Waals surface area contributed by atoms with Crippen LogP contribution in [0, 0.1) is 12.7 Å². The topological polar surface area (TPSA) is 74.3 Å². The Balaban J connectivity index is 1.23. The molecule has 0 radical (unpaired) electrons. The first-order chi connectivity index (χ1) is 23.3. The number of rotatable bonds is 8. The molecule has 0 bridgehead atoms. The number of carbonyl (C=O) groups is 1. The van der Waals surface area contributed by atoms with Crippen LogP contribution >= 0.6 is 24.0 Å². The molecule has 0 saturated carbocycles. The molecule has 6 aromatic rings. The van der Waals surface area contributed by atoms with E-state index in [1.807, 2.05) is 79.0 Å². The Morgan fingerprint density at radius 1 is 0.875 bits per heavy atom. The predicted octanol–water partition coefficient (Wildman–Crippen LogP) is 7.46. The summed E-state index contributed by atoms with van der Waals surface area (Å²) in [4.78, 5) is 29.4. The first kappa shape index (κ1) is 31.1. The van der Waals surface area contributed by atoms with Gasteiger partial charge < -0.3 is 4.74 Å². The number of thioether (sulfide) groups is 1. The largest absolute Gasteiger partial charge is 0.489 e. The molecule has 1 amide bonds. The van der Waals surface area contributed by atoms with Crippen molar-refractivity contribution in [2.24, 2.45) is 7.05 Å². The van der Waals surface area contributed by atoms with Crippen LogP contribution in [-0.4, -0.2) is 29.4 Å². The Hall–Kier alpha value is -5.52. The standard InChI is InChI=1S/C37H28FN5O3S2/c1-24-34(36(45)43(40(24)2)29-14-7-4-8-15-29)42-35(44)32(48-37(42)47)21-27-22-41(28-12-5-3-6-13-28)39-33(27)25-17-19-30(20-18-25)46-23-26-11-9-10-16-31(26)38/h3-22H,23H2,1-2H3/b32-21-. The van der Waals surface area contributed by atoms with Crippen LogP contribution in [0.3, 0.4) is 0 Å². The Kier molecular flexibility index (Phi) is 8.38. The van der Waals surface area contributed by atoms with Crippen molar-refractivity contribution >= 4 is 46.0 Å². The molecule has 1 fully saturated rings. The zero-order chi connectivity index (χ0) is 33.4. The summed E-state index contributed by atoms with van der Waals surface area (Å²) in [6, 6.07) is 32.8. The molecule has 238 valence electrons. The third-order valence-electron chi connectivity index (χ3n) is 8.07. The van der Waals surface area contributed by atoms with Crippen molar-refractivity contribution in [3.8, 4) is 28.4 Å². The lowest BCUT2D eigenvalue weighted by Crippen LogP contribution is -2.33. The molecule has 0 atom stereocenters. The highest BCUT2D eigenvalue weighted by Crippen LogP contribution is 2.38. The second-order valence-corrected chi connectivity index (χ2v) is 12.7. The summed E-state index contributed by atoms with van der Waals surface area (Å²) in [6.07, 6.45) is 3.62. The van der Waals surface area contributed by atoms with Crippen LogP contribution in [0.1, 0.15) is 16.8 Å². The first-order valence-electron chi connectivity index (χ1n) is 15.0. The van der Waals surface area contributed by atoms with Gasteiger partial charge in [-0.15, -0.1) is 0 Å². The first-order valence-corrected chi connectivity index (χ1v) is 16.3. The monoisotopic (exact) mass is 673 g/mol. The smallest absolute Gasteiger partial charge is 0.296 e. The number of hydrogen-bond donors (Lipinski definition) is 0. The lowest BCUT2D eigenvalue weighted by atomic mass is 10.1. The number of aromatic nitrogens is 4. The minimum atomic E-state index is -0.383. The van der Waals surface area contributed by atoms with E-state index in [1.165, 1.54) is 15.6 Å². The quantitative estimate of drug-likeness (QED) is 0.123. The van der Waals surface area contributed by atoms with E-state index in [0.29, 0.717) is 38.9 Å². The maximum atomic E-state index is 14.1. The number of ether oxygens (including phenoxy) is 1. The normalized spacial score (nSPS) is 13.9. The summed E-state index contributed by atoms with van der Waals surface area (Å²) in [5.41, 5.74) is 4.59. The Morgan fingerprint density at radius 3 is 2.21 bits per heavy atom. The number of nitrogens with zero attached hydrogens (tertiary/aromatic N) is 5. The molecule has 7 rings (SSSR count). The van der Waals surface area contributed by atoms with Gasteiger partial charge in [-0.05, 0) is 67.6 Å². The molecule has 3 heterocycles. The van der Waals surface area contributed by atoms with Crippen LogP contribution in [-0.2, 0) is 18.4 Å². The zero-order valence-corrected chi connectivity index (χ0v) is 27.5. The Labute approximate surface area is 285 Å². The molecule has 1 aliphatic rings. The second-order valence-electron chi connectivity index (χ2n) is 11.0. The van der Waals surface area contributed by atoms with E-state index < -0.39 is 0 Å². The number of para-hydroxylation sites is 2. The molecule has 4 aromatic carbocycles. The summed E-state index contributed by atoms with van der Waals surface area (Å²) >= 11 is 6.82. The summed E-state index contributed by atoms with van der Waals surface area (Å²) in [7, 11) is 1.78. The van der Waals surface area contributed by atoms with Crippen molar-refractivity contribution in [1.29, 1.82) is 0 Å². The third-order valence-corrected chi connectivity index (χ3v) is 9.37. The van der Waals surface area contributed by atoms with Gasteiger partial charge in [-0.3, -0.25) is 19.2 Å². The van der Waals surface area contributed by atoms with Crippen LogP contribution in [0.25, 0.3) is 28.7 Å². The summed E-state index contributed by atoms with van der Waals surface area (Å²) in [5.74, 6) is -0.127. The van der Waals surface area contributed by atoms with Crippen LogP contribution in [0.4, 0.5) is 10.1 Å². The summed E-state index contributed by atoms with van der Waals surface area (Å²) in [5, 5.41) is 4.88. The zero-order valence-electron chi connectivity index (χ0n) is 25.9. The fraction of sp³-hybridized carbons (Fsp3) is 0.0811. The number of thiocarbonyl (C=S) groups is 1. The fourth-order valence-corrected chi connectivity index (χ4v) is 6.79. The number of hydrogen-bond acceptors (Lipinski definition) is 6. The molecule has 48 heavy (non-hydrogen) atoms. The van der Waals surface area contributed by atoms with Gasteiger partial charge in [0, 0.05) is 29.9 Å². The van der Waals surface area contributed by atoms with Crippen molar-refractivity contribution in [3.05, 3.63) is 153 Å². The SMILES string of the molecule is Cc1c(N2C(=O)/C(=C/c3cn(-c4ccccc4)nc3-c3ccc(OCc4ccccc4F)cc3)SC2=S)c(=O)n(-c2ccccc2)n1C. The number of carbonyl (C=O) groups excluding carboxylic acids is 1. The molecule has 1 aliphatic heterocycles. The average Bonchev–Trinajstić information content (AvgIpc) is 3.72. The number of amides is 1. The lowest BCUT2D eigenvalue weighted by molar-refractivity contribution is -0.113. The van der Waals surface area contributed by atoms with Crippen molar-refractivity contribution in [3.63, 3.8) is 0 Å². The molecule has 0 spiro atoms. The molecule has 0 unspecified atom stereocenters. The Morgan fingerprint density at radius 2 is 1.52 bits per heavy atom. The summed E-state index contributed by atoms with van der Waals surface area (Å²) in [6.45, 7) is 1.89. The predicted molar refractivity (Wildman–Crippen MR) is 191 cm³/mol. The van der Waals surface area contributed by atoms with Crippen LogP contribution in [0.5, 0.6) is 5.75 Å². The minimum Gasteiger partial charge on any atom is -0.489 e. The molecule has 11 heteroatoms. The van der Waals surface area contributed by atoms with Crippen LogP contribution in [0.2, 0.25) is 0 Å². The molecule has 8 nitrogen and oxygen atoms in total. The van der Waals surface area contributed by atoms with Gasteiger partial charge in [0.1, 0.15) is 23.9 Å². The number of benzene rings is 4. The van der Waals surface area contributed by atoms with Gasteiger partial charge >= 0.3 is 0 Å². The van der Waals surface area contributed by atoms with E-state index in [-0.39, 0.29) is 33.9 Å². The molecule has 2 aromatic heterocycles. The lowest BCUT2D eigenvalue weighted by Gasteiger charge is -2.12. The van der Waals surface area contributed by atoms with E-state index in [9.17, 15) is 14.0 Å². The van der Waals surface area contributed by atoms with E-state index in [2.05, 4.69) is 0 Å². The maximum absolute atomic E-state index is 14.1. The second kappa shape index (κ2) is 12.9. The number of halogens is 1. The molecular formula is C37H28FN5O3S2. The van der Waals surface area contributed by atoms with Gasteiger partial charge in [-0.2, -0.15) is 5.10 Å². The maximum Gasteiger partial charge on any atom is 0.296 e. The highest BCUT2D eigenvalue weighted by Gasteiger charge is 2.38. The van der Waals surface area contributed by atoms with Gasteiger partial charge in [-0.1, -0.05) is 78.6 Å². The minimum absolute atomic E-state index is 0.0963. The van der Waals surface area contributed by atoms with Crippen molar-refractivity contribution in [1.82, 2.24) is 19.1 Å². The van der Waals surface area contributed by atoms with Gasteiger partial charge in [0.2, 0.25) is 0 Å². The van der Waals surface area contributed by atoms with E-state index >= 15 is 0 Å².